The molecular weight excluding hydrogens is 422 g/mol. The number of phenols is 1. The molecule has 8 heteroatoms. The summed E-state index contributed by atoms with van der Waals surface area (Å²) in [6.45, 7) is 4.37. The van der Waals surface area contributed by atoms with Gasteiger partial charge in [0.2, 0.25) is 0 Å². The molecule has 2 aromatic carbocycles. The number of ether oxygens (including phenoxy) is 2. The van der Waals surface area contributed by atoms with Crippen molar-refractivity contribution in [1.82, 2.24) is 4.90 Å². The fourth-order valence-corrected chi connectivity index (χ4v) is 3.82. The first kappa shape index (κ1) is 22.5. The van der Waals surface area contributed by atoms with Crippen molar-refractivity contribution in [2.75, 3.05) is 20.3 Å². The van der Waals surface area contributed by atoms with Crippen LogP contribution in [-0.4, -0.2) is 47.1 Å². The summed E-state index contributed by atoms with van der Waals surface area (Å²) in [6.07, 6.45) is 0.612. The van der Waals surface area contributed by atoms with Crippen molar-refractivity contribution in [2.24, 2.45) is 0 Å². The summed E-state index contributed by atoms with van der Waals surface area (Å²) >= 11 is 6.13. The lowest BCUT2D eigenvalue weighted by molar-refractivity contribution is -0.139. The molecule has 3 rings (SSSR count). The maximum Gasteiger partial charge on any atom is 0.295 e. The number of aromatic hydroxyl groups is 1. The van der Waals surface area contributed by atoms with Gasteiger partial charge < -0.3 is 24.6 Å². The number of phenolic OH excluding ortho intramolecular Hbond substituents is 1. The van der Waals surface area contributed by atoms with E-state index in [0.29, 0.717) is 41.5 Å². The molecule has 7 nitrogen and oxygen atoms in total. The van der Waals surface area contributed by atoms with Crippen molar-refractivity contribution in [3.05, 3.63) is 58.1 Å². The second-order valence-corrected chi connectivity index (χ2v) is 7.41. The summed E-state index contributed by atoms with van der Waals surface area (Å²) in [5, 5.41) is 21.7. The number of amides is 1. The van der Waals surface area contributed by atoms with E-state index >= 15 is 0 Å². The van der Waals surface area contributed by atoms with Gasteiger partial charge in [0.05, 0.1) is 30.4 Å². The van der Waals surface area contributed by atoms with Crippen LogP contribution in [0.4, 0.5) is 0 Å². The number of methoxy groups -OCH3 is 1. The first-order valence-electron chi connectivity index (χ1n) is 9.92. The molecule has 31 heavy (non-hydrogen) atoms. The van der Waals surface area contributed by atoms with Gasteiger partial charge in [0.1, 0.15) is 11.5 Å². The average Bonchev–Trinajstić information content (AvgIpc) is 3.00. The van der Waals surface area contributed by atoms with Gasteiger partial charge in [-0.05, 0) is 49.2 Å². The normalized spacial score (nSPS) is 17.8. The lowest BCUT2D eigenvalue weighted by Gasteiger charge is -2.25. The molecule has 0 aromatic heterocycles. The summed E-state index contributed by atoms with van der Waals surface area (Å²) in [7, 11) is 1.42. The molecule has 1 saturated heterocycles. The summed E-state index contributed by atoms with van der Waals surface area (Å²) in [6, 6.07) is 8.40. The number of rotatable bonds is 7. The van der Waals surface area contributed by atoms with Gasteiger partial charge in [0.15, 0.2) is 11.5 Å². The number of hydrogen-bond donors (Lipinski definition) is 2. The Morgan fingerprint density at radius 1 is 1.13 bits per heavy atom. The maximum absolute atomic E-state index is 12.9. The number of ketones is 1. The molecule has 1 heterocycles. The van der Waals surface area contributed by atoms with E-state index < -0.39 is 17.7 Å². The Kier molecular flexibility index (Phi) is 6.75. The minimum absolute atomic E-state index is 0.0622. The number of benzene rings is 2. The number of halogens is 1. The van der Waals surface area contributed by atoms with Gasteiger partial charge in [-0.2, -0.15) is 0 Å². The van der Waals surface area contributed by atoms with Crippen LogP contribution in [0.1, 0.15) is 37.4 Å². The molecule has 2 N–H and O–H groups in total. The average molecular weight is 446 g/mol. The lowest BCUT2D eigenvalue weighted by atomic mass is 9.95. The Labute approximate surface area is 185 Å². The van der Waals surface area contributed by atoms with Gasteiger partial charge in [-0.15, -0.1) is 0 Å². The molecular formula is C23H24ClNO6. The van der Waals surface area contributed by atoms with Crippen LogP contribution in [0.15, 0.2) is 42.0 Å². The van der Waals surface area contributed by atoms with E-state index in [9.17, 15) is 19.8 Å². The molecule has 0 spiro atoms. The van der Waals surface area contributed by atoms with Gasteiger partial charge in [-0.1, -0.05) is 24.6 Å². The Bertz CT molecular complexity index is 1050. The Morgan fingerprint density at radius 2 is 1.87 bits per heavy atom. The molecule has 1 unspecified atom stereocenters. The molecule has 164 valence electrons. The van der Waals surface area contributed by atoms with Crippen LogP contribution in [0.5, 0.6) is 17.2 Å². The number of carbonyl (C=O) groups is 2. The number of Topliss-reactive ketones (excluding diaryl/α,β-unsaturated/α-hetero) is 1. The van der Waals surface area contributed by atoms with E-state index in [1.165, 1.54) is 24.1 Å². The van der Waals surface area contributed by atoms with Gasteiger partial charge in [-0.25, -0.2) is 0 Å². The van der Waals surface area contributed by atoms with E-state index in [4.69, 9.17) is 21.1 Å². The van der Waals surface area contributed by atoms with Crippen molar-refractivity contribution < 1.29 is 29.3 Å². The molecule has 0 aliphatic carbocycles. The molecule has 1 aliphatic heterocycles. The lowest BCUT2D eigenvalue weighted by Crippen LogP contribution is -2.30. The monoisotopic (exact) mass is 445 g/mol. The first-order valence-corrected chi connectivity index (χ1v) is 10.3. The van der Waals surface area contributed by atoms with E-state index in [0.717, 1.165) is 0 Å². The molecule has 0 radical (unpaired) electrons. The first-order chi connectivity index (χ1) is 14.8. The van der Waals surface area contributed by atoms with E-state index in [1.807, 2.05) is 6.92 Å². The summed E-state index contributed by atoms with van der Waals surface area (Å²) in [5.74, 6) is -1.35. The highest BCUT2D eigenvalue weighted by Crippen LogP contribution is 2.42. The van der Waals surface area contributed by atoms with Crippen LogP contribution >= 0.6 is 11.6 Å². The van der Waals surface area contributed by atoms with Gasteiger partial charge in [0.25, 0.3) is 11.7 Å². The molecule has 1 atom stereocenters. The minimum atomic E-state index is -0.858. The van der Waals surface area contributed by atoms with Gasteiger partial charge in [-0.3, -0.25) is 9.59 Å². The van der Waals surface area contributed by atoms with Crippen LogP contribution in [-0.2, 0) is 9.59 Å². The molecule has 0 saturated carbocycles. The predicted molar refractivity (Wildman–Crippen MR) is 117 cm³/mol. The highest BCUT2D eigenvalue weighted by atomic mass is 35.5. The highest BCUT2D eigenvalue weighted by Gasteiger charge is 2.45. The number of nitrogens with zero attached hydrogens (tertiary/aromatic N) is 1. The predicted octanol–water partition coefficient (Wildman–Crippen LogP) is 4.28. The minimum Gasteiger partial charge on any atom is -0.507 e. The van der Waals surface area contributed by atoms with E-state index in [-0.39, 0.29) is 22.8 Å². The molecule has 1 amide bonds. The van der Waals surface area contributed by atoms with Crippen LogP contribution in [0.2, 0.25) is 5.02 Å². The SMILES string of the molecule is CCCN1C(=O)C(=O)/C(=C(\O)c2ccc(Cl)c(OCC)c2)C1c1ccc(OC)c(O)c1. The number of aliphatic hydroxyl groups is 1. The zero-order valence-corrected chi connectivity index (χ0v) is 18.3. The number of likely N-dealkylation sites (tertiary alicyclic amines) is 1. The Morgan fingerprint density at radius 3 is 2.48 bits per heavy atom. The smallest absolute Gasteiger partial charge is 0.295 e. The number of carbonyl (C=O) groups excluding carboxylic acids is 2. The number of aliphatic hydroxyl groups excluding tert-OH is 1. The van der Waals surface area contributed by atoms with Crippen LogP contribution in [0, 0.1) is 0 Å². The van der Waals surface area contributed by atoms with Gasteiger partial charge in [0, 0.05) is 12.1 Å². The Balaban J connectivity index is 2.19. The van der Waals surface area contributed by atoms with Crippen LogP contribution in [0.25, 0.3) is 5.76 Å². The molecule has 1 fully saturated rings. The zero-order chi connectivity index (χ0) is 22.7. The third kappa shape index (κ3) is 4.18. The quantitative estimate of drug-likeness (QED) is 0.375. The van der Waals surface area contributed by atoms with Crippen molar-refractivity contribution in [3.8, 4) is 17.2 Å². The van der Waals surface area contributed by atoms with Crippen molar-refractivity contribution in [3.63, 3.8) is 0 Å². The fraction of sp³-hybridized carbons (Fsp3) is 0.304. The topological polar surface area (TPSA) is 96.3 Å². The largest absolute Gasteiger partial charge is 0.507 e. The fourth-order valence-electron chi connectivity index (χ4n) is 3.65. The van der Waals surface area contributed by atoms with Crippen molar-refractivity contribution >= 4 is 29.1 Å². The standard InChI is InChI=1S/C23H24ClNO6/c1-4-10-25-20(13-7-9-17(30-3)16(26)11-13)19(22(28)23(25)29)21(27)14-6-8-15(24)18(12-14)31-5-2/h6-9,11-12,20,26-27H,4-5,10H2,1-3H3/b21-19-. The molecule has 1 aliphatic rings. The second-order valence-electron chi connectivity index (χ2n) is 7.00. The highest BCUT2D eigenvalue weighted by molar-refractivity contribution is 6.46. The summed E-state index contributed by atoms with van der Waals surface area (Å²) < 4.78 is 10.6. The van der Waals surface area contributed by atoms with E-state index in [2.05, 4.69) is 0 Å². The molecule has 0 bridgehead atoms. The molecule has 2 aromatic rings. The Hall–Kier alpha value is -3.19. The zero-order valence-electron chi connectivity index (χ0n) is 17.5. The third-order valence-corrected chi connectivity index (χ3v) is 5.34. The van der Waals surface area contributed by atoms with Crippen LogP contribution in [0.3, 0.4) is 0 Å². The number of hydrogen-bond acceptors (Lipinski definition) is 6. The summed E-state index contributed by atoms with van der Waals surface area (Å²) in [5.41, 5.74) is 0.712. The van der Waals surface area contributed by atoms with Crippen molar-refractivity contribution in [1.29, 1.82) is 0 Å². The van der Waals surface area contributed by atoms with E-state index in [1.54, 1.807) is 31.2 Å². The second kappa shape index (κ2) is 9.31. The van der Waals surface area contributed by atoms with Crippen molar-refractivity contribution in [2.45, 2.75) is 26.3 Å². The van der Waals surface area contributed by atoms with Crippen LogP contribution < -0.4 is 9.47 Å². The summed E-state index contributed by atoms with van der Waals surface area (Å²) in [4.78, 5) is 27.1. The maximum atomic E-state index is 12.9. The van der Waals surface area contributed by atoms with Gasteiger partial charge >= 0.3 is 0 Å². The third-order valence-electron chi connectivity index (χ3n) is 5.03.